The van der Waals surface area contributed by atoms with Gasteiger partial charge in [-0.05, 0) is 37.7 Å². The SMILES string of the molecule is O=C(CC1OCCCO1)NC1CCC(O)(c2ccccc2)CC1. The molecule has 3 rings (SSSR count). The molecular formula is C18H25NO4. The molecule has 126 valence electrons. The number of benzene rings is 1. The normalized spacial score (nSPS) is 29.2. The number of ether oxygens (including phenoxy) is 2. The summed E-state index contributed by atoms with van der Waals surface area (Å²) in [5, 5.41) is 13.8. The van der Waals surface area contributed by atoms with E-state index in [1.54, 1.807) is 0 Å². The Kier molecular flexibility index (Phi) is 5.30. The third-order valence-corrected chi connectivity index (χ3v) is 4.74. The van der Waals surface area contributed by atoms with E-state index in [0.29, 0.717) is 26.1 Å². The number of carbonyl (C=O) groups excluding carboxylic acids is 1. The second kappa shape index (κ2) is 7.43. The van der Waals surface area contributed by atoms with Crippen LogP contribution >= 0.6 is 0 Å². The molecule has 0 atom stereocenters. The van der Waals surface area contributed by atoms with E-state index in [0.717, 1.165) is 24.8 Å². The van der Waals surface area contributed by atoms with E-state index in [-0.39, 0.29) is 18.4 Å². The van der Waals surface area contributed by atoms with Gasteiger partial charge in [0.2, 0.25) is 5.91 Å². The van der Waals surface area contributed by atoms with Gasteiger partial charge in [-0.15, -0.1) is 0 Å². The summed E-state index contributed by atoms with van der Waals surface area (Å²) in [6.45, 7) is 1.32. The molecule has 0 aromatic heterocycles. The first-order valence-corrected chi connectivity index (χ1v) is 8.46. The van der Waals surface area contributed by atoms with Gasteiger partial charge in [-0.2, -0.15) is 0 Å². The molecule has 1 saturated carbocycles. The Hall–Kier alpha value is -1.43. The van der Waals surface area contributed by atoms with Crippen molar-refractivity contribution in [2.24, 2.45) is 0 Å². The van der Waals surface area contributed by atoms with Crippen LogP contribution in [0.4, 0.5) is 0 Å². The highest BCUT2D eigenvalue weighted by Gasteiger charge is 2.35. The molecule has 0 bridgehead atoms. The highest BCUT2D eigenvalue weighted by atomic mass is 16.7. The molecule has 1 heterocycles. The second-order valence-corrected chi connectivity index (χ2v) is 6.47. The monoisotopic (exact) mass is 319 g/mol. The summed E-state index contributed by atoms with van der Waals surface area (Å²) in [6.07, 6.45) is 3.62. The molecule has 1 amide bonds. The van der Waals surface area contributed by atoms with Crippen molar-refractivity contribution in [3.05, 3.63) is 35.9 Å². The molecule has 23 heavy (non-hydrogen) atoms. The molecular weight excluding hydrogens is 294 g/mol. The number of aliphatic hydroxyl groups is 1. The number of rotatable bonds is 4. The highest BCUT2D eigenvalue weighted by Crippen LogP contribution is 2.36. The van der Waals surface area contributed by atoms with Gasteiger partial charge in [-0.3, -0.25) is 4.79 Å². The summed E-state index contributed by atoms with van der Waals surface area (Å²) < 4.78 is 10.8. The van der Waals surface area contributed by atoms with Gasteiger partial charge in [-0.1, -0.05) is 30.3 Å². The molecule has 1 aromatic carbocycles. The van der Waals surface area contributed by atoms with E-state index in [1.807, 2.05) is 30.3 Å². The minimum absolute atomic E-state index is 0.0351. The maximum Gasteiger partial charge on any atom is 0.225 e. The number of nitrogens with one attached hydrogen (secondary N) is 1. The lowest BCUT2D eigenvalue weighted by atomic mass is 9.78. The standard InChI is InChI=1S/C18H25NO4/c20-16(13-17-22-11-4-12-23-17)19-15-7-9-18(21,10-8-15)14-5-2-1-3-6-14/h1-3,5-6,15,17,21H,4,7-13H2,(H,19,20). The first-order chi connectivity index (χ1) is 11.2. The molecule has 1 aromatic rings. The molecule has 0 spiro atoms. The molecule has 0 unspecified atom stereocenters. The zero-order valence-corrected chi connectivity index (χ0v) is 13.4. The quantitative estimate of drug-likeness (QED) is 0.892. The molecule has 1 aliphatic carbocycles. The smallest absolute Gasteiger partial charge is 0.225 e. The van der Waals surface area contributed by atoms with Crippen LogP contribution in [0.5, 0.6) is 0 Å². The van der Waals surface area contributed by atoms with E-state index in [4.69, 9.17) is 9.47 Å². The predicted molar refractivity (Wildman–Crippen MR) is 85.7 cm³/mol. The highest BCUT2D eigenvalue weighted by molar-refractivity contribution is 5.76. The van der Waals surface area contributed by atoms with Crippen molar-refractivity contribution in [1.29, 1.82) is 0 Å². The Morgan fingerprint density at radius 1 is 1.17 bits per heavy atom. The maximum absolute atomic E-state index is 12.1. The van der Waals surface area contributed by atoms with Crippen LogP contribution in [-0.4, -0.2) is 36.6 Å². The van der Waals surface area contributed by atoms with Crippen molar-refractivity contribution in [3.8, 4) is 0 Å². The lowest BCUT2D eigenvalue weighted by Crippen LogP contribution is -2.43. The Balaban J connectivity index is 1.46. The van der Waals surface area contributed by atoms with Gasteiger partial charge in [0.05, 0.1) is 25.2 Å². The van der Waals surface area contributed by atoms with Gasteiger partial charge in [0.25, 0.3) is 0 Å². The molecule has 2 N–H and O–H groups in total. The minimum Gasteiger partial charge on any atom is -0.385 e. The first-order valence-electron chi connectivity index (χ1n) is 8.46. The molecule has 2 fully saturated rings. The lowest BCUT2D eigenvalue weighted by molar-refractivity contribution is -0.184. The van der Waals surface area contributed by atoms with Crippen molar-refractivity contribution in [3.63, 3.8) is 0 Å². The van der Waals surface area contributed by atoms with Crippen LogP contribution in [0, 0.1) is 0 Å². The molecule has 5 nitrogen and oxygen atoms in total. The minimum atomic E-state index is -0.766. The van der Waals surface area contributed by atoms with Crippen LogP contribution in [0.15, 0.2) is 30.3 Å². The van der Waals surface area contributed by atoms with Crippen molar-refractivity contribution < 1.29 is 19.4 Å². The topological polar surface area (TPSA) is 67.8 Å². The average molecular weight is 319 g/mol. The van der Waals surface area contributed by atoms with E-state index >= 15 is 0 Å². The van der Waals surface area contributed by atoms with Gasteiger partial charge in [-0.25, -0.2) is 0 Å². The van der Waals surface area contributed by atoms with E-state index in [9.17, 15) is 9.90 Å². The van der Waals surface area contributed by atoms with Crippen LogP contribution in [0.1, 0.15) is 44.1 Å². The van der Waals surface area contributed by atoms with Gasteiger partial charge in [0.15, 0.2) is 6.29 Å². The third-order valence-electron chi connectivity index (χ3n) is 4.74. The third kappa shape index (κ3) is 4.31. The van der Waals surface area contributed by atoms with Crippen LogP contribution in [-0.2, 0) is 19.9 Å². The Labute approximate surface area is 137 Å². The fourth-order valence-corrected chi connectivity index (χ4v) is 3.37. The van der Waals surface area contributed by atoms with E-state index in [1.165, 1.54) is 0 Å². The van der Waals surface area contributed by atoms with Gasteiger partial charge < -0.3 is 19.9 Å². The maximum atomic E-state index is 12.1. The summed E-state index contributed by atoms with van der Waals surface area (Å²) >= 11 is 0. The molecule has 2 aliphatic rings. The van der Waals surface area contributed by atoms with Crippen molar-refractivity contribution in [2.75, 3.05) is 13.2 Å². The summed E-state index contributed by atoms with van der Waals surface area (Å²) in [4.78, 5) is 12.1. The predicted octanol–water partition coefficient (Wildman–Crippen LogP) is 2.09. The largest absolute Gasteiger partial charge is 0.385 e. The zero-order chi connectivity index (χ0) is 16.1. The second-order valence-electron chi connectivity index (χ2n) is 6.47. The van der Waals surface area contributed by atoms with E-state index in [2.05, 4.69) is 5.32 Å². The van der Waals surface area contributed by atoms with E-state index < -0.39 is 11.9 Å². The van der Waals surface area contributed by atoms with Gasteiger partial charge >= 0.3 is 0 Å². The molecule has 1 saturated heterocycles. The van der Waals surface area contributed by atoms with Gasteiger partial charge in [0.1, 0.15) is 0 Å². The number of carbonyl (C=O) groups is 1. The molecule has 5 heteroatoms. The molecule has 0 radical (unpaired) electrons. The summed E-state index contributed by atoms with van der Waals surface area (Å²) in [7, 11) is 0. The van der Waals surface area contributed by atoms with Crippen LogP contribution in [0.2, 0.25) is 0 Å². The van der Waals surface area contributed by atoms with Crippen LogP contribution in [0.3, 0.4) is 0 Å². The summed E-state index contributed by atoms with van der Waals surface area (Å²) in [6, 6.07) is 9.91. The van der Waals surface area contributed by atoms with Crippen molar-refractivity contribution >= 4 is 5.91 Å². The average Bonchev–Trinajstić information content (AvgIpc) is 2.59. The first kappa shape index (κ1) is 16.4. The summed E-state index contributed by atoms with van der Waals surface area (Å²) in [5.74, 6) is -0.0351. The van der Waals surface area contributed by atoms with Crippen LogP contribution < -0.4 is 5.32 Å². The Bertz CT molecular complexity index is 505. The number of amides is 1. The Morgan fingerprint density at radius 3 is 2.48 bits per heavy atom. The Morgan fingerprint density at radius 2 is 1.83 bits per heavy atom. The summed E-state index contributed by atoms with van der Waals surface area (Å²) in [5.41, 5.74) is 0.201. The zero-order valence-electron chi connectivity index (χ0n) is 13.4. The fourth-order valence-electron chi connectivity index (χ4n) is 3.37. The van der Waals surface area contributed by atoms with Gasteiger partial charge in [0, 0.05) is 6.04 Å². The number of hydrogen-bond donors (Lipinski definition) is 2. The van der Waals surface area contributed by atoms with Crippen LogP contribution in [0.25, 0.3) is 0 Å². The van der Waals surface area contributed by atoms with Crippen molar-refractivity contribution in [1.82, 2.24) is 5.32 Å². The number of hydrogen-bond acceptors (Lipinski definition) is 4. The van der Waals surface area contributed by atoms with Crippen molar-refractivity contribution in [2.45, 2.75) is 56.5 Å². The molecule has 1 aliphatic heterocycles. The lowest BCUT2D eigenvalue weighted by Gasteiger charge is -2.37. The fraction of sp³-hybridized carbons (Fsp3) is 0.611.